The van der Waals surface area contributed by atoms with Crippen LogP contribution in [0.2, 0.25) is 0 Å². The smallest absolute Gasteiger partial charge is 0.0496 e. The Kier molecular flexibility index (Phi) is 2.87. The molecule has 1 aromatic carbocycles. The van der Waals surface area contributed by atoms with Gasteiger partial charge in [-0.2, -0.15) is 0 Å². The van der Waals surface area contributed by atoms with Crippen LogP contribution in [0.4, 0.5) is 0 Å². The van der Waals surface area contributed by atoms with Gasteiger partial charge < -0.3 is 4.57 Å². The van der Waals surface area contributed by atoms with E-state index in [0.717, 1.165) is 10.9 Å². The van der Waals surface area contributed by atoms with Gasteiger partial charge in [-0.1, -0.05) is 28.9 Å². The van der Waals surface area contributed by atoms with E-state index in [4.69, 9.17) is 0 Å². The first-order chi connectivity index (χ1) is 7.13. The SMILES string of the molecule is CCC(C)n1c(C)cc2ccc(Br)cc21. The highest BCUT2D eigenvalue weighted by Gasteiger charge is 2.10. The molecular formula is C13H16BrN. The fraction of sp³-hybridized carbons (Fsp3) is 0.385. The van der Waals surface area contributed by atoms with Gasteiger partial charge in [0.15, 0.2) is 0 Å². The Hall–Kier alpha value is -0.760. The van der Waals surface area contributed by atoms with Gasteiger partial charge in [0.25, 0.3) is 0 Å². The maximum Gasteiger partial charge on any atom is 0.0496 e. The molecule has 2 rings (SSSR count). The van der Waals surface area contributed by atoms with E-state index < -0.39 is 0 Å². The van der Waals surface area contributed by atoms with Gasteiger partial charge in [-0.3, -0.25) is 0 Å². The van der Waals surface area contributed by atoms with Crippen molar-refractivity contribution in [1.82, 2.24) is 4.57 Å². The molecule has 1 nitrogen and oxygen atoms in total. The van der Waals surface area contributed by atoms with Crippen LogP contribution in [0.1, 0.15) is 32.0 Å². The summed E-state index contributed by atoms with van der Waals surface area (Å²) in [6.07, 6.45) is 1.16. The van der Waals surface area contributed by atoms with Crippen LogP contribution in [-0.4, -0.2) is 4.57 Å². The lowest BCUT2D eigenvalue weighted by atomic mass is 10.2. The predicted octanol–water partition coefficient (Wildman–Crippen LogP) is 4.68. The summed E-state index contributed by atoms with van der Waals surface area (Å²) in [4.78, 5) is 0. The van der Waals surface area contributed by atoms with Gasteiger partial charge in [0.05, 0.1) is 0 Å². The van der Waals surface area contributed by atoms with E-state index in [0.29, 0.717) is 6.04 Å². The second-order valence-corrected chi connectivity index (χ2v) is 5.03. The summed E-state index contributed by atoms with van der Waals surface area (Å²) in [5, 5.41) is 1.33. The van der Waals surface area contributed by atoms with Crippen LogP contribution in [0.25, 0.3) is 10.9 Å². The Morgan fingerprint density at radius 2 is 2.07 bits per heavy atom. The minimum atomic E-state index is 0.566. The molecule has 0 aliphatic carbocycles. The minimum Gasteiger partial charge on any atom is -0.342 e. The molecular weight excluding hydrogens is 250 g/mol. The molecule has 0 amide bonds. The van der Waals surface area contributed by atoms with Crippen molar-refractivity contribution < 1.29 is 0 Å². The molecule has 1 heterocycles. The summed E-state index contributed by atoms with van der Waals surface area (Å²) < 4.78 is 3.57. The van der Waals surface area contributed by atoms with E-state index in [-0.39, 0.29) is 0 Å². The number of aryl methyl sites for hydroxylation is 1. The fourth-order valence-corrected chi connectivity index (χ4v) is 2.45. The van der Waals surface area contributed by atoms with Gasteiger partial charge in [0, 0.05) is 21.7 Å². The fourth-order valence-electron chi connectivity index (χ4n) is 2.10. The van der Waals surface area contributed by atoms with Crippen molar-refractivity contribution >= 4 is 26.8 Å². The Balaban J connectivity index is 2.70. The molecule has 0 aliphatic heterocycles. The second-order valence-electron chi connectivity index (χ2n) is 4.12. The molecule has 2 aromatic rings. The lowest BCUT2D eigenvalue weighted by Gasteiger charge is -2.15. The number of benzene rings is 1. The molecule has 0 bridgehead atoms. The highest BCUT2D eigenvalue weighted by molar-refractivity contribution is 9.10. The maximum atomic E-state index is 3.53. The van der Waals surface area contributed by atoms with Gasteiger partial charge in [-0.15, -0.1) is 0 Å². The molecule has 0 N–H and O–H groups in total. The summed E-state index contributed by atoms with van der Waals surface area (Å²) in [5.74, 6) is 0. The molecule has 15 heavy (non-hydrogen) atoms. The van der Waals surface area contributed by atoms with E-state index in [1.807, 2.05) is 0 Å². The third-order valence-corrected chi connectivity index (χ3v) is 3.52. The first-order valence-corrected chi connectivity index (χ1v) is 6.20. The molecule has 0 saturated heterocycles. The predicted molar refractivity (Wildman–Crippen MR) is 69.4 cm³/mol. The zero-order valence-corrected chi connectivity index (χ0v) is 11.0. The molecule has 0 radical (unpaired) electrons. The number of nitrogens with zero attached hydrogens (tertiary/aromatic N) is 1. The van der Waals surface area contributed by atoms with Gasteiger partial charge in [-0.25, -0.2) is 0 Å². The van der Waals surface area contributed by atoms with Crippen molar-refractivity contribution in [2.45, 2.75) is 33.2 Å². The minimum absolute atomic E-state index is 0.566. The van der Waals surface area contributed by atoms with Crippen LogP contribution in [0.3, 0.4) is 0 Å². The number of aromatic nitrogens is 1. The standard InChI is InChI=1S/C13H16BrN/c1-4-9(2)15-10(3)7-11-5-6-12(14)8-13(11)15/h5-9H,4H2,1-3H3. The molecule has 2 heteroatoms. The average molecular weight is 266 g/mol. The van der Waals surface area contributed by atoms with E-state index >= 15 is 0 Å². The topological polar surface area (TPSA) is 4.93 Å². The molecule has 0 aliphatic rings. The van der Waals surface area contributed by atoms with E-state index in [9.17, 15) is 0 Å². The zero-order chi connectivity index (χ0) is 11.0. The highest BCUT2D eigenvalue weighted by atomic mass is 79.9. The highest BCUT2D eigenvalue weighted by Crippen LogP contribution is 2.27. The van der Waals surface area contributed by atoms with Crippen molar-refractivity contribution in [2.24, 2.45) is 0 Å². The molecule has 80 valence electrons. The first kappa shape index (κ1) is 10.7. The van der Waals surface area contributed by atoms with Gasteiger partial charge in [0.2, 0.25) is 0 Å². The molecule has 1 unspecified atom stereocenters. The Bertz CT molecular complexity index is 484. The lowest BCUT2D eigenvalue weighted by molar-refractivity contribution is 0.537. The Morgan fingerprint density at radius 1 is 1.33 bits per heavy atom. The first-order valence-electron chi connectivity index (χ1n) is 5.40. The van der Waals surface area contributed by atoms with Crippen LogP contribution in [-0.2, 0) is 0 Å². The Morgan fingerprint density at radius 3 is 2.73 bits per heavy atom. The monoisotopic (exact) mass is 265 g/mol. The average Bonchev–Trinajstić information content (AvgIpc) is 2.52. The molecule has 0 saturated carbocycles. The quantitative estimate of drug-likeness (QED) is 0.743. The third kappa shape index (κ3) is 1.83. The summed E-state index contributed by atoms with van der Waals surface area (Å²) in [5.41, 5.74) is 2.67. The lowest BCUT2D eigenvalue weighted by Crippen LogP contribution is -2.04. The van der Waals surface area contributed by atoms with Crippen LogP contribution in [0.15, 0.2) is 28.7 Å². The third-order valence-electron chi connectivity index (χ3n) is 3.03. The van der Waals surface area contributed by atoms with Crippen molar-refractivity contribution in [3.05, 3.63) is 34.4 Å². The van der Waals surface area contributed by atoms with Crippen molar-refractivity contribution in [3.63, 3.8) is 0 Å². The van der Waals surface area contributed by atoms with E-state index in [2.05, 4.69) is 65.5 Å². The molecule has 0 fully saturated rings. The van der Waals surface area contributed by atoms with Crippen LogP contribution in [0.5, 0.6) is 0 Å². The zero-order valence-electron chi connectivity index (χ0n) is 9.42. The van der Waals surface area contributed by atoms with Crippen LogP contribution >= 0.6 is 15.9 Å². The molecule has 0 spiro atoms. The summed E-state index contributed by atoms with van der Waals surface area (Å²) in [6, 6.07) is 9.30. The summed E-state index contributed by atoms with van der Waals surface area (Å²) >= 11 is 3.53. The number of rotatable bonds is 2. The van der Waals surface area contributed by atoms with Gasteiger partial charge in [0.1, 0.15) is 0 Å². The van der Waals surface area contributed by atoms with Crippen molar-refractivity contribution in [1.29, 1.82) is 0 Å². The normalized spacial score (nSPS) is 13.3. The summed E-state index contributed by atoms with van der Waals surface area (Å²) in [7, 11) is 0. The van der Waals surface area contributed by atoms with Gasteiger partial charge in [-0.05, 0) is 43.9 Å². The van der Waals surface area contributed by atoms with E-state index in [1.165, 1.54) is 16.6 Å². The Labute approximate surface area is 99.2 Å². The van der Waals surface area contributed by atoms with Gasteiger partial charge >= 0.3 is 0 Å². The summed E-state index contributed by atoms with van der Waals surface area (Å²) in [6.45, 7) is 6.68. The number of fused-ring (bicyclic) bond motifs is 1. The second kappa shape index (κ2) is 4.01. The number of halogens is 1. The number of hydrogen-bond acceptors (Lipinski definition) is 0. The van der Waals surface area contributed by atoms with Crippen LogP contribution < -0.4 is 0 Å². The van der Waals surface area contributed by atoms with Crippen molar-refractivity contribution in [2.75, 3.05) is 0 Å². The molecule has 1 aromatic heterocycles. The number of hydrogen-bond donors (Lipinski definition) is 0. The largest absolute Gasteiger partial charge is 0.342 e. The molecule has 1 atom stereocenters. The van der Waals surface area contributed by atoms with E-state index in [1.54, 1.807) is 0 Å². The maximum absolute atomic E-state index is 3.53. The van der Waals surface area contributed by atoms with Crippen molar-refractivity contribution in [3.8, 4) is 0 Å². The van der Waals surface area contributed by atoms with Crippen LogP contribution in [0, 0.1) is 6.92 Å².